The quantitative estimate of drug-likeness (QED) is 0.504. The fraction of sp³-hybridized carbons (Fsp3) is 0.308. The Morgan fingerprint density at radius 1 is 1.30 bits per heavy atom. The van der Waals surface area contributed by atoms with Crippen LogP contribution in [0.2, 0.25) is 0 Å². The van der Waals surface area contributed by atoms with E-state index in [4.69, 9.17) is 4.74 Å². The summed E-state index contributed by atoms with van der Waals surface area (Å²) in [6.07, 6.45) is 8.73. The summed E-state index contributed by atoms with van der Waals surface area (Å²) < 4.78 is 9.98. The van der Waals surface area contributed by atoms with E-state index in [1.165, 1.54) is 5.56 Å². The molecule has 0 saturated carbocycles. The van der Waals surface area contributed by atoms with Crippen molar-refractivity contribution in [2.24, 2.45) is 0 Å². The highest BCUT2D eigenvalue weighted by Crippen LogP contribution is 2.25. The molecule has 20 heavy (non-hydrogen) atoms. The lowest BCUT2D eigenvalue weighted by molar-refractivity contribution is 0.194. The number of hydrogen-bond acceptors (Lipinski definition) is 4. The molecule has 0 bridgehead atoms. The van der Waals surface area contributed by atoms with Crippen LogP contribution in [0.3, 0.4) is 0 Å². The van der Waals surface area contributed by atoms with Gasteiger partial charge in [0.05, 0.1) is 19.0 Å². The summed E-state index contributed by atoms with van der Waals surface area (Å²) in [5, 5.41) is 8.76. The highest BCUT2D eigenvalue weighted by molar-refractivity contribution is 14.1. The van der Waals surface area contributed by atoms with E-state index in [2.05, 4.69) is 44.0 Å². The molecule has 1 saturated heterocycles. The zero-order valence-corrected chi connectivity index (χ0v) is 12.8. The minimum Gasteiger partial charge on any atom is -0.381 e. The Bertz CT molecular complexity index is 759. The van der Waals surface area contributed by atoms with Crippen LogP contribution < -0.4 is 0 Å². The number of aromatic nitrogens is 5. The van der Waals surface area contributed by atoms with Crippen molar-refractivity contribution in [3.63, 3.8) is 0 Å². The minimum atomic E-state index is 0.457. The summed E-state index contributed by atoms with van der Waals surface area (Å²) in [5.74, 6) is 0.457. The summed E-state index contributed by atoms with van der Waals surface area (Å²) >= 11 is 2.20. The van der Waals surface area contributed by atoms with Gasteiger partial charge >= 0.3 is 0 Å². The smallest absolute Gasteiger partial charge is 0.182 e. The molecule has 102 valence electrons. The van der Waals surface area contributed by atoms with Crippen molar-refractivity contribution in [1.82, 2.24) is 24.4 Å². The van der Waals surface area contributed by atoms with Crippen molar-refractivity contribution < 1.29 is 4.74 Å². The Kier molecular flexibility index (Phi) is 2.95. The van der Waals surface area contributed by atoms with Gasteiger partial charge in [0.1, 0.15) is 9.39 Å². The standard InChI is InChI=1S/C13H12IN5O/c14-12-1-3-18-13(17-12)11(6-16-18)19-7-10(5-15-19)9-2-4-20-8-9/h1,3,5-7,9H,2,4,8H2. The maximum atomic E-state index is 5.43. The molecule has 1 atom stereocenters. The van der Waals surface area contributed by atoms with E-state index in [1.54, 1.807) is 10.7 Å². The van der Waals surface area contributed by atoms with E-state index in [9.17, 15) is 0 Å². The first-order valence-corrected chi connectivity index (χ1v) is 7.52. The molecule has 0 radical (unpaired) electrons. The fourth-order valence-electron chi connectivity index (χ4n) is 2.47. The lowest BCUT2D eigenvalue weighted by atomic mass is 10.0. The zero-order valence-electron chi connectivity index (χ0n) is 10.6. The molecular weight excluding hydrogens is 369 g/mol. The molecule has 1 aliphatic rings. The molecule has 0 N–H and O–H groups in total. The first-order chi connectivity index (χ1) is 9.81. The first kappa shape index (κ1) is 12.3. The van der Waals surface area contributed by atoms with Gasteiger partial charge in [-0.15, -0.1) is 0 Å². The lowest BCUT2D eigenvalue weighted by Gasteiger charge is -2.02. The Morgan fingerprint density at radius 2 is 2.25 bits per heavy atom. The second-order valence-electron chi connectivity index (χ2n) is 4.83. The highest BCUT2D eigenvalue weighted by Gasteiger charge is 2.20. The summed E-state index contributed by atoms with van der Waals surface area (Å²) in [4.78, 5) is 4.52. The van der Waals surface area contributed by atoms with Gasteiger partial charge in [0, 0.05) is 24.9 Å². The van der Waals surface area contributed by atoms with Gasteiger partial charge in [-0.1, -0.05) is 0 Å². The van der Waals surface area contributed by atoms with Gasteiger partial charge in [0.25, 0.3) is 0 Å². The zero-order chi connectivity index (χ0) is 13.5. The molecule has 3 aromatic heterocycles. The molecule has 0 aliphatic carbocycles. The number of rotatable bonds is 2. The largest absolute Gasteiger partial charge is 0.381 e. The SMILES string of the molecule is Ic1ccn2ncc(-n3cc(C4CCOC4)cn3)c2n1. The van der Waals surface area contributed by atoms with Crippen molar-refractivity contribution in [1.29, 1.82) is 0 Å². The van der Waals surface area contributed by atoms with Gasteiger partial charge < -0.3 is 4.74 Å². The van der Waals surface area contributed by atoms with Crippen LogP contribution in [-0.4, -0.2) is 37.6 Å². The average molecular weight is 381 g/mol. The second-order valence-corrected chi connectivity index (χ2v) is 5.93. The van der Waals surface area contributed by atoms with Gasteiger partial charge in [-0.05, 0) is 40.6 Å². The van der Waals surface area contributed by atoms with E-state index in [-0.39, 0.29) is 0 Å². The molecule has 0 amide bonds. The van der Waals surface area contributed by atoms with Crippen molar-refractivity contribution in [2.45, 2.75) is 12.3 Å². The van der Waals surface area contributed by atoms with Gasteiger partial charge in [-0.3, -0.25) is 0 Å². The normalized spacial score (nSPS) is 18.9. The number of hydrogen-bond donors (Lipinski definition) is 0. The van der Waals surface area contributed by atoms with Crippen LogP contribution in [0.5, 0.6) is 0 Å². The summed E-state index contributed by atoms with van der Waals surface area (Å²) in [6, 6.07) is 1.93. The third-order valence-electron chi connectivity index (χ3n) is 3.57. The number of halogens is 1. The fourth-order valence-corrected chi connectivity index (χ4v) is 2.86. The van der Waals surface area contributed by atoms with Gasteiger partial charge in [0.15, 0.2) is 5.65 Å². The van der Waals surface area contributed by atoms with Crippen molar-refractivity contribution in [3.05, 3.63) is 40.1 Å². The van der Waals surface area contributed by atoms with Crippen molar-refractivity contribution in [2.75, 3.05) is 13.2 Å². The average Bonchev–Trinajstić information content (AvgIpc) is 3.17. The first-order valence-electron chi connectivity index (χ1n) is 6.44. The Hall–Kier alpha value is -1.48. The van der Waals surface area contributed by atoms with Crippen molar-refractivity contribution >= 4 is 28.2 Å². The molecule has 1 fully saturated rings. The predicted octanol–water partition coefficient (Wildman–Crippen LogP) is 2.02. The highest BCUT2D eigenvalue weighted by atomic mass is 127. The van der Waals surface area contributed by atoms with Crippen molar-refractivity contribution in [3.8, 4) is 5.69 Å². The Labute approximate surface area is 128 Å². The van der Waals surface area contributed by atoms with Crippen LogP contribution >= 0.6 is 22.6 Å². The van der Waals surface area contributed by atoms with E-state index < -0.39 is 0 Å². The van der Waals surface area contributed by atoms with E-state index in [0.717, 1.165) is 34.7 Å². The number of fused-ring (bicyclic) bond motifs is 1. The maximum Gasteiger partial charge on any atom is 0.182 e. The van der Waals surface area contributed by atoms with Crippen LogP contribution in [0, 0.1) is 3.70 Å². The second kappa shape index (κ2) is 4.81. The molecule has 1 unspecified atom stereocenters. The molecule has 4 heterocycles. The van der Waals surface area contributed by atoms with Gasteiger partial charge in [0.2, 0.25) is 0 Å². The van der Waals surface area contributed by atoms with E-state index >= 15 is 0 Å². The molecule has 0 aromatic carbocycles. The van der Waals surface area contributed by atoms with Crippen LogP contribution in [0.1, 0.15) is 17.9 Å². The minimum absolute atomic E-state index is 0.457. The lowest BCUT2D eigenvalue weighted by Crippen LogP contribution is -1.98. The summed E-state index contributed by atoms with van der Waals surface area (Å²) in [7, 11) is 0. The van der Waals surface area contributed by atoms with E-state index in [1.807, 2.05) is 23.1 Å². The van der Waals surface area contributed by atoms with Gasteiger partial charge in [-0.25, -0.2) is 14.2 Å². The summed E-state index contributed by atoms with van der Waals surface area (Å²) in [6.45, 7) is 1.63. The van der Waals surface area contributed by atoms with Crippen LogP contribution in [0.15, 0.2) is 30.9 Å². The molecular formula is C13H12IN5O. The Morgan fingerprint density at radius 3 is 3.10 bits per heavy atom. The van der Waals surface area contributed by atoms with Crippen LogP contribution in [-0.2, 0) is 4.74 Å². The van der Waals surface area contributed by atoms with Gasteiger partial charge in [-0.2, -0.15) is 10.2 Å². The molecule has 7 heteroatoms. The van der Waals surface area contributed by atoms with Crippen LogP contribution in [0.25, 0.3) is 11.3 Å². The third kappa shape index (κ3) is 2.01. The predicted molar refractivity (Wildman–Crippen MR) is 81.0 cm³/mol. The molecule has 3 aromatic rings. The molecule has 4 rings (SSSR count). The number of nitrogens with zero attached hydrogens (tertiary/aromatic N) is 5. The Balaban J connectivity index is 1.77. The molecule has 0 spiro atoms. The van der Waals surface area contributed by atoms with Crippen LogP contribution in [0.4, 0.5) is 0 Å². The monoisotopic (exact) mass is 381 g/mol. The topological polar surface area (TPSA) is 57.2 Å². The van der Waals surface area contributed by atoms with E-state index in [0.29, 0.717) is 5.92 Å². The molecule has 1 aliphatic heterocycles. The molecule has 6 nitrogen and oxygen atoms in total. The summed E-state index contributed by atoms with van der Waals surface area (Å²) in [5.41, 5.74) is 2.93. The third-order valence-corrected chi connectivity index (χ3v) is 4.17. The number of ether oxygens (including phenoxy) is 1. The maximum absolute atomic E-state index is 5.43.